The molecule has 0 aliphatic carbocycles. The average Bonchev–Trinajstić information content (AvgIpc) is 3.59. The lowest BCUT2D eigenvalue weighted by molar-refractivity contribution is -0.127. The van der Waals surface area contributed by atoms with E-state index in [4.69, 9.17) is 4.74 Å². The van der Waals surface area contributed by atoms with Crippen LogP contribution in [0.3, 0.4) is 0 Å². The zero-order valence-electron chi connectivity index (χ0n) is 20.9. The van der Waals surface area contributed by atoms with E-state index in [1.54, 1.807) is 19.0 Å². The van der Waals surface area contributed by atoms with Gasteiger partial charge >= 0.3 is 5.91 Å². The Bertz CT molecular complexity index is 1690. The summed E-state index contributed by atoms with van der Waals surface area (Å²) in [6, 6.07) is 9.81. The molecule has 1 aromatic carbocycles. The number of hydrogen-bond acceptors (Lipinski definition) is 9. The number of aromatic amines is 1. The van der Waals surface area contributed by atoms with Gasteiger partial charge in [0.2, 0.25) is 0 Å². The van der Waals surface area contributed by atoms with Gasteiger partial charge in [-0.05, 0) is 13.3 Å². The van der Waals surface area contributed by atoms with Crippen LogP contribution >= 0.6 is 0 Å². The summed E-state index contributed by atoms with van der Waals surface area (Å²) in [4.78, 5) is 47.7. The van der Waals surface area contributed by atoms with Crippen LogP contribution in [0.4, 0.5) is 5.82 Å². The SMILES string of the molecule is COc1cnc(-n2cnc(C)n2)c2[nH]cc(C(=O)C(=O)N3CCc4c(-c5ccccc5)ncnc4N3C)c12. The minimum absolute atomic E-state index is 0.175. The Labute approximate surface area is 216 Å². The number of H-pyrrole nitrogens is 1. The number of carbonyl (C=O) groups excluding carboxylic acids is 2. The number of amides is 1. The van der Waals surface area contributed by atoms with Crippen molar-refractivity contribution < 1.29 is 14.3 Å². The lowest BCUT2D eigenvalue weighted by atomic mass is 10.0. The first-order valence-corrected chi connectivity index (χ1v) is 11.9. The summed E-state index contributed by atoms with van der Waals surface area (Å²) >= 11 is 0. The summed E-state index contributed by atoms with van der Waals surface area (Å²) in [5.41, 5.74) is 3.38. The van der Waals surface area contributed by atoms with Crippen molar-refractivity contribution in [3.63, 3.8) is 0 Å². The van der Waals surface area contributed by atoms with Crippen molar-refractivity contribution >= 4 is 28.4 Å². The molecule has 0 atom stereocenters. The van der Waals surface area contributed by atoms with Gasteiger partial charge in [-0.25, -0.2) is 29.6 Å². The molecule has 1 aliphatic heterocycles. The highest BCUT2D eigenvalue weighted by atomic mass is 16.5. The lowest BCUT2D eigenvalue weighted by Crippen LogP contribution is -2.51. The van der Waals surface area contributed by atoms with Crippen LogP contribution in [0.5, 0.6) is 5.75 Å². The predicted octanol–water partition coefficient (Wildman–Crippen LogP) is 2.54. The molecule has 1 N–H and O–H groups in total. The van der Waals surface area contributed by atoms with E-state index >= 15 is 0 Å². The first-order chi connectivity index (χ1) is 18.5. The number of ether oxygens (including phenoxy) is 1. The third-order valence-corrected chi connectivity index (χ3v) is 6.58. The molecular weight excluding hydrogens is 486 g/mol. The first kappa shape index (κ1) is 23.3. The van der Waals surface area contributed by atoms with E-state index in [1.165, 1.54) is 41.8 Å². The molecule has 5 heterocycles. The van der Waals surface area contributed by atoms with Crippen molar-refractivity contribution in [1.82, 2.24) is 39.7 Å². The van der Waals surface area contributed by atoms with E-state index in [1.807, 2.05) is 30.3 Å². The van der Waals surface area contributed by atoms with E-state index in [0.29, 0.717) is 47.1 Å². The molecule has 190 valence electrons. The third kappa shape index (κ3) is 3.65. The van der Waals surface area contributed by atoms with Crippen LogP contribution in [0.2, 0.25) is 0 Å². The van der Waals surface area contributed by atoms with E-state index < -0.39 is 11.7 Å². The minimum atomic E-state index is -0.686. The molecule has 0 saturated heterocycles. The molecule has 4 aromatic heterocycles. The summed E-state index contributed by atoms with van der Waals surface area (Å²) in [6.45, 7) is 2.06. The van der Waals surface area contributed by atoms with Gasteiger partial charge in [-0.15, -0.1) is 0 Å². The average molecular weight is 510 g/mol. The molecule has 0 saturated carbocycles. The highest BCUT2D eigenvalue weighted by molar-refractivity contribution is 6.45. The van der Waals surface area contributed by atoms with E-state index in [-0.39, 0.29) is 5.56 Å². The molecule has 1 amide bonds. The maximum atomic E-state index is 13.6. The highest BCUT2D eigenvalue weighted by Crippen LogP contribution is 2.34. The third-order valence-electron chi connectivity index (χ3n) is 6.58. The van der Waals surface area contributed by atoms with E-state index in [9.17, 15) is 9.59 Å². The number of benzene rings is 1. The maximum absolute atomic E-state index is 13.6. The Morgan fingerprint density at radius 3 is 2.61 bits per heavy atom. The van der Waals surface area contributed by atoms with Crippen LogP contribution in [0.25, 0.3) is 28.0 Å². The molecule has 0 fully saturated rings. The Balaban J connectivity index is 1.35. The first-order valence-electron chi connectivity index (χ1n) is 11.9. The number of methoxy groups -OCH3 is 1. The second-order valence-electron chi connectivity index (χ2n) is 8.76. The van der Waals surface area contributed by atoms with Crippen molar-refractivity contribution in [2.24, 2.45) is 0 Å². The van der Waals surface area contributed by atoms with Gasteiger partial charge in [0, 0.05) is 30.9 Å². The monoisotopic (exact) mass is 509 g/mol. The molecule has 0 unspecified atom stereocenters. The van der Waals surface area contributed by atoms with E-state index in [0.717, 1.165) is 16.8 Å². The number of nitrogens with zero attached hydrogens (tertiary/aromatic N) is 8. The zero-order valence-corrected chi connectivity index (χ0v) is 20.9. The number of ketones is 1. The zero-order chi connectivity index (χ0) is 26.4. The fourth-order valence-electron chi connectivity index (χ4n) is 4.77. The van der Waals surface area contributed by atoms with Gasteiger partial charge in [0.15, 0.2) is 11.6 Å². The van der Waals surface area contributed by atoms with Crippen molar-refractivity contribution in [2.75, 3.05) is 25.7 Å². The van der Waals surface area contributed by atoms with Gasteiger partial charge < -0.3 is 9.72 Å². The van der Waals surface area contributed by atoms with Gasteiger partial charge in [0.25, 0.3) is 5.78 Å². The van der Waals surface area contributed by atoms with Gasteiger partial charge in [-0.1, -0.05) is 30.3 Å². The molecule has 5 aromatic rings. The van der Waals surface area contributed by atoms with E-state index in [2.05, 4.69) is 30.0 Å². The molecule has 12 nitrogen and oxygen atoms in total. The Morgan fingerprint density at radius 2 is 1.87 bits per heavy atom. The number of rotatable bonds is 5. The number of carbonyl (C=O) groups is 2. The fraction of sp³-hybridized carbons (Fsp3) is 0.192. The second kappa shape index (κ2) is 9.07. The Morgan fingerprint density at radius 1 is 1.05 bits per heavy atom. The number of aryl methyl sites for hydroxylation is 1. The number of hydrogen-bond donors (Lipinski definition) is 1. The summed E-state index contributed by atoms with van der Waals surface area (Å²) in [7, 11) is 3.20. The summed E-state index contributed by atoms with van der Waals surface area (Å²) < 4.78 is 6.99. The van der Waals surface area contributed by atoms with Gasteiger partial charge in [-0.2, -0.15) is 5.10 Å². The topological polar surface area (TPSA) is 135 Å². The Hall–Kier alpha value is -5.13. The van der Waals surface area contributed by atoms with Crippen molar-refractivity contribution in [1.29, 1.82) is 0 Å². The number of pyridine rings is 1. The number of Topliss-reactive ketones (excluding diaryl/α,β-unsaturated/α-hetero) is 1. The highest BCUT2D eigenvalue weighted by Gasteiger charge is 2.34. The number of anilines is 1. The molecular formula is C26H23N9O3. The Kier molecular flexibility index (Phi) is 5.56. The fourth-order valence-corrected chi connectivity index (χ4v) is 4.77. The summed E-state index contributed by atoms with van der Waals surface area (Å²) in [5.74, 6) is 0.569. The number of nitrogens with one attached hydrogen (secondary N) is 1. The maximum Gasteiger partial charge on any atom is 0.313 e. The van der Waals surface area contributed by atoms with Crippen LogP contribution in [-0.2, 0) is 11.2 Å². The van der Waals surface area contributed by atoms with Crippen molar-refractivity contribution in [3.05, 3.63) is 72.3 Å². The quantitative estimate of drug-likeness (QED) is 0.280. The molecule has 38 heavy (non-hydrogen) atoms. The number of hydrazine groups is 1. The lowest BCUT2D eigenvalue weighted by Gasteiger charge is -2.37. The van der Waals surface area contributed by atoms with Gasteiger partial charge in [0.1, 0.15) is 24.2 Å². The normalized spacial score (nSPS) is 13.0. The number of fused-ring (bicyclic) bond motifs is 2. The smallest absolute Gasteiger partial charge is 0.313 e. The van der Waals surface area contributed by atoms with Crippen molar-refractivity contribution in [3.8, 4) is 22.8 Å². The molecule has 12 heteroatoms. The minimum Gasteiger partial charge on any atom is -0.494 e. The van der Waals surface area contributed by atoms with Gasteiger partial charge in [-0.3, -0.25) is 14.6 Å². The molecule has 0 radical (unpaired) electrons. The van der Waals surface area contributed by atoms with Crippen LogP contribution in [0, 0.1) is 6.92 Å². The summed E-state index contributed by atoms with van der Waals surface area (Å²) in [6.07, 6.45) is 6.49. The second-order valence-corrected chi connectivity index (χ2v) is 8.76. The number of aromatic nitrogens is 7. The molecule has 6 rings (SSSR count). The van der Waals surface area contributed by atoms with Crippen LogP contribution < -0.4 is 9.75 Å². The summed E-state index contributed by atoms with van der Waals surface area (Å²) in [5, 5.41) is 7.77. The van der Waals surface area contributed by atoms with Crippen LogP contribution in [0.1, 0.15) is 21.7 Å². The largest absolute Gasteiger partial charge is 0.494 e. The standard InChI is InChI=1S/C26H23N9O3/c1-15-31-14-34(32-15)25-22-20(19(38-3)12-28-25)18(11-27-22)23(36)26(37)35-10-9-17-21(16-7-5-4-6-8-16)29-13-30-24(17)33(35)2/h4-8,11-14,27H,9-10H2,1-3H3. The predicted molar refractivity (Wildman–Crippen MR) is 138 cm³/mol. The van der Waals surface area contributed by atoms with Crippen LogP contribution in [-0.4, -0.2) is 72.1 Å². The molecule has 0 bridgehead atoms. The van der Waals surface area contributed by atoms with Crippen molar-refractivity contribution in [2.45, 2.75) is 13.3 Å². The molecule has 0 spiro atoms. The molecule has 1 aliphatic rings. The van der Waals surface area contributed by atoms with Gasteiger partial charge in [0.05, 0.1) is 35.5 Å². The van der Waals surface area contributed by atoms with Crippen LogP contribution in [0.15, 0.2) is 55.4 Å².